The molecule has 6 nitrogen and oxygen atoms in total. The van der Waals surface area contributed by atoms with Crippen LogP contribution in [0.1, 0.15) is 431 Å². The lowest BCUT2D eigenvalue weighted by atomic mass is 10.0. The van der Waals surface area contributed by atoms with Gasteiger partial charge in [-0.25, -0.2) is 0 Å². The van der Waals surface area contributed by atoms with Gasteiger partial charge < -0.3 is 20.3 Å². The Bertz CT molecular complexity index is 1450. The van der Waals surface area contributed by atoms with Crippen molar-refractivity contribution in [3.05, 3.63) is 48.6 Å². The van der Waals surface area contributed by atoms with E-state index < -0.39 is 12.1 Å². The van der Waals surface area contributed by atoms with Crippen LogP contribution in [0, 0.1) is 0 Å². The number of nitrogens with one attached hydrogen (secondary N) is 1. The van der Waals surface area contributed by atoms with E-state index in [1.165, 1.54) is 340 Å². The first-order valence-corrected chi connectivity index (χ1v) is 39.4. The smallest absolute Gasteiger partial charge is 0.305 e. The molecule has 3 N–H and O–H groups in total. The summed E-state index contributed by atoms with van der Waals surface area (Å²) >= 11 is 0. The Kier molecular flexibility index (Phi) is 74.4. The third kappa shape index (κ3) is 72.8. The van der Waals surface area contributed by atoms with E-state index in [4.69, 9.17) is 4.74 Å². The summed E-state index contributed by atoms with van der Waals surface area (Å²) in [5.74, 6) is -0.0299. The molecule has 512 valence electrons. The van der Waals surface area contributed by atoms with Gasteiger partial charge >= 0.3 is 5.97 Å². The number of aliphatic hydroxyl groups excluding tert-OH is 2. The van der Waals surface area contributed by atoms with Crippen LogP contribution in [0.25, 0.3) is 0 Å². The molecule has 0 spiro atoms. The first-order chi connectivity index (χ1) is 43.0. The van der Waals surface area contributed by atoms with E-state index in [1.54, 1.807) is 0 Å². The number of hydrogen-bond acceptors (Lipinski definition) is 5. The number of esters is 1. The molecule has 0 aliphatic carbocycles. The normalized spacial score (nSPS) is 12.7. The van der Waals surface area contributed by atoms with Crippen LogP contribution in [-0.2, 0) is 14.3 Å². The number of allylic oxidation sites excluding steroid dienone is 8. The van der Waals surface area contributed by atoms with E-state index in [9.17, 15) is 19.8 Å². The van der Waals surface area contributed by atoms with Crippen molar-refractivity contribution in [1.29, 1.82) is 0 Å². The summed E-state index contributed by atoms with van der Waals surface area (Å²) in [6.07, 6.45) is 101. The molecular formula is C81H153NO5. The summed E-state index contributed by atoms with van der Waals surface area (Å²) in [7, 11) is 0. The van der Waals surface area contributed by atoms with Gasteiger partial charge in [0, 0.05) is 12.8 Å². The second-order valence-corrected chi connectivity index (χ2v) is 27.0. The molecule has 0 rings (SSSR count). The number of ether oxygens (including phenoxy) is 1. The second-order valence-electron chi connectivity index (χ2n) is 27.0. The number of carbonyl (C=O) groups excluding carboxylic acids is 2. The van der Waals surface area contributed by atoms with Crippen molar-refractivity contribution < 1.29 is 24.5 Å². The van der Waals surface area contributed by atoms with Gasteiger partial charge in [0.2, 0.25) is 5.91 Å². The molecule has 0 aliphatic heterocycles. The minimum absolute atomic E-state index is 0.000389. The lowest BCUT2D eigenvalue weighted by molar-refractivity contribution is -0.143. The molecule has 0 aromatic carbocycles. The summed E-state index contributed by atoms with van der Waals surface area (Å²) in [6, 6.07) is -0.543. The summed E-state index contributed by atoms with van der Waals surface area (Å²) < 4.78 is 5.49. The number of amides is 1. The summed E-state index contributed by atoms with van der Waals surface area (Å²) in [5.41, 5.74) is 0. The fraction of sp³-hybridized carbons (Fsp3) is 0.877. The number of hydrogen-bond donors (Lipinski definition) is 3. The maximum absolute atomic E-state index is 12.6. The van der Waals surface area contributed by atoms with Crippen molar-refractivity contribution in [2.45, 2.75) is 443 Å². The summed E-state index contributed by atoms with van der Waals surface area (Å²) in [4.78, 5) is 24.6. The third-order valence-electron chi connectivity index (χ3n) is 18.4. The monoisotopic (exact) mass is 1220 g/mol. The predicted molar refractivity (Wildman–Crippen MR) is 384 cm³/mol. The standard InChI is InChI=1S/C81H153NO5/c1-3-5-7-9-11-13-15-17-19-20-21-22-23-33-36-39-42-46-49-53-57-61-65-69-73-79(84)78(77-83)82-80(85)74-70-66-62-58-54-50-47-43-40-37-34-31-29-27-25-24-26-28-30-32-35-38-41-44-48-52-56-60-64-68-72-76-87-81(86)75-71-67-63-59-55-51-45-18-16-14-12-10-8-6-4-2/h12,14,18,26,28,32,35,45,78-79,83-84H,3-11,13,15-17,19-25,27,29-31,33-34,36-44,46-77H2,1-2H3,(H,82,85)/b14-12-,28-26-,35-32-,45-18-. The number of unbranched alkanes of at least 4 members (excludes halogenated alkanes) is 55. The molecule has 2 unspecified atom stereocenters. The molecular weight excluding hydrogens is 1070 g/mol. The Morgan fingerprint density at radius 3 is 0.897 bits per heavy atom. The minimum Gasteiger partial charge on any atom is -0.466 e. The maximum atomic E-state index is 12.6. The van der Waals surface area contributed by atoms with Crippen molar-refractivity contribution >= 4 is 11.9 Å². The third-order valence-corrected chi connectivity index (χ3v) is 18.4. The van der Waals surface area contributed by atoms with E-state index in [0.29, 0.717) is 25.9 Å². The molecule has 0 aliphatic rings. The highest BCUT2D eigenvalue weighted by Gasteiger charge is 2.20. The van der Waals surface area contributed by atoms with Gasteiger partial charge in [-0.3, -0.25) is 9.59 Å². The summed E-state index contributed by atoms with van der Waals surface area (Å²) in [6.45, 7) is 4.96. The maximum Gasteiger partial charge on any atom is 0.305 e. The van der Waals surface area contributed by atoms with E-state index in [1.807, 2.05) is 0 Å². The molecule has 0 radical (unpaired) electrons. The van der Waals surface area contributed by atoms with Crippen molar-refractivity contribution in [3.8, 4) is 0 Å². The Morgan fingerprint density at radius 2 is 0.575 bits per heavy atom. The molecule has 87 heavy (non-hydrogen) atoms. The van der Waals surface area contributed by atoms with Crippen LogP contribution in [0.3, 0.4) is 0 Å². The fourth-order valence-corrected chi connectivity index (χ4v) is 12.4. The molecule has 0 heterocycles. The molecule has 0 fully saturated rings. The van der Waals surface area contributed by atoms with Crippen LogP contribution in [0.5, 0.6) is 0 Å². The number of carbonyl (C=O) groups is 2. The highest BCUT2D eigenvalue weighted by atomic mass is 16.5. The van der Waals surface area contributed by atoms with Gasteiger partial charge in [0.1, 0.15) is 0 Å². The molecule has 0 bridgehead atoms. The predicted octanol–water partition coefficient (Wildman–Crippen LogP) is 26.0. The molecule has 0 aromatic rings. The lowest BCUT2D eigenvalue weighted by Gasteiger charge is -2.22. The average molecular weight is 1220 g/mol. The zero-order valence-electron chi connectivity index (χ0n) is 58.8. The average Bonchev–Trinajstić information content (AvgIpc) is 3.53. The van der Waals surface area contributed by atoms with Crippen LogP contribution in [0.4, 0.5) is 0 Å². The van der Waals surface area contributed by atoms with Crippen LogP contribution < -0.4 is 5.32 Å². The molecule has 0 aromatic heterocycles. The summed E-state index contributed by atoms with van der Waals surface area (Å²) in [5, 5.41) is 23.5. The van der Waals surface area contributed by atoms with E-state index in [2.05, 4.69) is 67.8 Å². The SMILES string of the molecule is CCCCC/C=C\C/C=C\CCCCCCCC(=O)OCCCCCCCCCCC/C=C\C/C=C\CCCCCCCCCCCCCCCCCC(=O)NC(CO)C(O)CCCCCCCCCCCCCCCCCCCCCCCCCC. The van der Waals surface area contributed by atoms with Gasteiger partial charge in [-0.15, -0.1) is 0 Å². The Hall–Kier alpha value is -2.18. The van der Waals surface area contributed by atoms with E-state index >= 15 is 0 Å². The van der Waals surface area contributed by atoms with Crippen molar-refractivity contribution in [2.24, 2.45) is 0 Å². The van der Waals surface area contributed by atoms with E-state index in [0.717, 1.165) is 57.8 Å². The van der Waals surface area contributed by atoms with Gasteiger partial charge in [-0.05, 0) is 89.9 Å². The topological polar surface area (TPSA) is 95.9 Å². The lowest BCUT2D eigenvalue weighted by Crippen LogP contribution is -2.45. The molecule has 6 heteroatoms. The van der Waals surface area contributed by atoms with Crippen LogP contribution >= 0.6 is 0 Å². The first-order valence-electron chi connectivity index (χ1n) is 39.4. The van der Waals surface area contributed by atoms with Gasteiger partial charge in [-0.2, -0.15) is 0 Å². The molecule has 1 amide bonds. The Morgan fingerprint density at radius 1 is 0.322 bits per heavy atom. The second kappa shape index (κ2) is 76.3. The molecule has 0 saturated carbocycles. The number of aliphatic hydroxyl groups is 2. The minimum atomic E-state index is -0.666. The first kappa shape index (κ1) is 84.8. The van der Waals surface area contributed by atoms with Gasteiger partial charge in [0.15, 0.2) is 0 Å². The van der Waals surface area contributed by atoms with Crippen molar-refractivity contribution in [3.63, 3.8) is 0 Å². The molecule has 0 saturated heterocycles. The largest absolute Gasteiger partial charge is 0.466 e. The van der Waals surface area contributed by atoms with Crippen LogP contribution in [-0.4, -0.2) is 47.4 Å². The fourth-order valence-electron chi connectivity index (χ4n) is 12.4. The van der Waals surface area contributed by atoms with Gasteiger partial charge in [0.05, 0.1) is 25.4 Å². The zero-order chi connectivity index (χ0) is 62.8. The zero-order valence-corrected chi connectivity index (χ0v) is 58.8. The van der Waals surface area contributed by atoms with Crippen LogP contribution in [0.2, 0.25) is 0 Å². The van der Waals surface area contributed by atoms with Gasteiger partial charge in [0.25, 0.3) is 0 Å². The van der Waals surface area contributed by atoms with Gasteiger partial charge in [-0.1, -0.05) is 377 Å². The molecule has 2 atom stereocenters. The Labute approximate surface area is 544 Å². The van der Waals surface area contributed by atoms with Crippen LogP contribution in [0.15, 0.2) is 48.6 Å². The quantitative estimate of drug-likeness (QED) is 0.0320. The highest BCUT2D eigenvalue weighted by molar-refractivity contribution is 5.76. The van der Waals surface area contributed by atoms with Crippen molar-refractivity contribution in [1.82, 2.24) is 5.32 Å². The number of rotatable bonds is 74. The van der Waals surface area contributed by atoms with Crippen molar-refractivity contribution in [2.75, 3.05) is 13.2 Å². The van der Waals surface area contributed by atoms with E-state index in [-0.39, 0.29) is 18.5 Å². The highest BCUT2D eigenvalue weighted by Crippen LogP contribution is 2.19. The Balaban J connectivity index is 3.40.